The molecule has 1 aromatic rings. The summed E-state index contributed by atoms with van der Waals surface area (Å²) in [5.74, 6) is -0.726. The molecule has 2 unspecified atom stereocenters. The van der Waals surface area contributed by atoms with E-state index in [1.54, 1.807) is 6.92 Å². The fraction of sp³-hybridized carbons (Fsp3) is 0.688. The van der Waals surface area contributed by atoms with Crippen molar-refractivity contribution < 1.29 is 27.2 Å². The van der Waals surface area contributed by atoms with Crippen LogP contribution in [0.3, 0.4) is 0 Å². The number of oxazole rings is 1. The van der Waals surface area contributed by atoms with Crippen LogP contribution in [-0.2, 0) is 4.79 Å². The maximum atomic E-state index is 13.4. The van der Waals surface area contributed by atoms with Gasteiger partial charge in [0.05, 0.1) is 5.69 Å². The summed E-state index contributed by atoms with van der Waals surface area (Å²) in [6.07, 6.45) is -2.82. The molecule has 2 fully saturated rings. The van der Waals surface area contributed by atoms with Crippen molar-refractivity contribution in [2.24, 2.45) is 0 Å². The van der Waals surface area contributed by atoms with Crippen molar-refractivity contribution in [2.45, 2.75) is 63.7 Å². The highest BCUT2D eigenvalue weighted by atomic mass is 19.4. The van der Waals surface area contributed by atoms with Crippen LogP contribution in [0.1, 0.15) is 60.7 Å². The molecule has 2 heterocycles. The average Bonchev–Trinajstić information content (AvgIpc) is 3.28. The van der Waals surface area contributed by atoms with Crippen LogP contribution in [0.2, 0.25) is 0 Å². The zero-order valence-corrected chi connectivity index (χ0v) is 14.0. The van der Waals surface area contributed by atoms with Crippen LogP contribution in [0.4, 0.5) is 13.2 Å². The zero-order valence-electron chi connectivity index (χ0n) is 14.0. The predicted octanol–water partition coefficient (Wildman–Crippen LogP) is 2.53. The maximum Gasteiger partial charge on any atom is 0.408 e. The van der Waals surface area contributed by atoms with Gasteiger partial charge in [0.25, 0.3) is 5.91 Å². The van der Waals surface area contributed by atoms with Gasteiger partial charge in [-0.25, -0.2) is 4.98 Å². The van der Waals surface area contributed by atoms with Crippen LogP contribution in [0.15, 0.2) is 4.42 Å². The normalized spacial score (nSPS) is 24.3. The number of aryl methyl sites for hydroxylation is 1. The number of rotatable bonds is 3. The van der Waals surface area contributed by atoms with Gasteiger partial charge in [-0.3, -0.25) is 9.59 Å². The van der Waals surface area contributed by atoms with Gasteiger partial charge in [-0.1, -0.05) is 0 Å². The number of alkyl halides is 3. The molecule has 0 spiro atoms. The van der Waals surface area contributed by atoms with Gasteiger partial charge in [-0.2, -0.15) is 13.2 Å². The number of nitrogens with one attached hydrogen (secondary N) is 1. The molecule has 0 radical (unpaired) electrons. The highest BCUT2D eigenvalue weighted by Gasteiger charge is 2.49. The van der Waals surface area contributed by atoms with Gasteiger partial charge >= 0.3 is 6.18 Å². The van der Waals surface area contributed by atoms with Crippen molar-refractivity contribution in [3.05, 3.63) is 17.3 Å². The third-order valence-electron chi connectivity index (χ3n) is 4.56. The molecule has 0 aromatic carbocycles. The number of hydrogen-bond acceptors (Lipinski definition) is 4. The highest BCUT2D eigenvalue weighted by Crippen LogP contribution is 2.40. The van der Waals surface area contributed by atoms with E-state index in [0.717, 1.165) is 17.7 Å². The largest absolute Gasteiger partial charge is 0.435 e. The van der Waals surface area contributed by atoms with Crippen molar-refractivity contribution in [1.82, 2.24) is 15.2 Å². The number of carbonyl (C=O) groups is 2. The molecular weight excluding hydrogens is 339 g/mol. The summed E-state index contributed by atoms with van der Waals surface area (Å²) in [5.41, 5.74) is 0.300. The quantitative estimate of drug-likeness (QED) is 0.900. The predicted molar refractivity (Wildman–Crippen MR) is 80.9 cm³/mol. The van der Waals surface area contributed by atoms with Crippen molar-refractivity contribution in [1.29, 1.82) is 0 Å². The van der Waals surface area contributed by atoms with E-state index >= 15 is 0 Å². The molecule has 1 N–H and O–H groups in total. The monoisotopic (exact) mass is 359 g/mol. The highest BCUT2D eigenvalue weighted by molar-refractivity contribution is 5.93. The van der Waals surface area contributed by atoms with E-state index in [9.17, 15) is 22.8 Å². The Balaban J connectivity index is 1.85. The molecule has 138 valence electrons. The summed E-state index contributed by atoms with van der Waals surface area (Å²) in [6.45, 7) is 2.65. The van der Waals surface area contributed by atoms with Gasteiger partial charge in [0.1, 0.15) is 6.04 Å². The zero-order chi connectivity index (χ0) is 18.4. The fourth-order valence-electron chi connectivity index (χ4n) is 3.19. The second-order valence-electron chi connectivity index (χ2n) is 6.73. The summed E-state index contributed by atoms with van der Waals surface area (Å²) < 4.78 is 45.6. The Morgan fingerprint density at radius 1 is 1.24 bits per heavy atom. The summed E-state index contributed by atoms with van der Waals surface area (Å²) in [7, 11) is 0. The molecule has 1 aliphatic carbocycles. The summed E-state index contributed by atoms with van der Waals surface area (Å²) in [5, 5.41) is 2.59. The van der Waals surface area contributed by atoms with Crippen LogP contribution < -0.4 is 5.32 Å². The second kappa shape index (κ2) is 6.34. The minimum absolute atomic E-state index is 0.139. The molecule has 2 amide bonds. The third-order valence-corrected chi connectivity index (χ3v) is 4.56. The van der Waals surface area contributed by atoms with E-state index in [1.807, 2.05) is 0 Å². The second-order valence-corrected chi connectivity index (χ2v) is 6.73. The standard InChI is InChI=1S/C16H20F3N3O3/c1-8-13(25-14(20-8)10-3-4-10)15(24)22-7-11(21-9(2)23)5-6-12(22)16(17,18)19/h10-12H,3-7H2,1-2H3,(H,21,23). The van der Waals surface area contributed by atoms with Gasteiger partial charge in [0.15, 0.2) is 5.89 Å². The molecule has 25 heavy (non-hydrogen) atoms. The van der Waals surface area contributed by atoms with E-state index in [4.69, 9.17) is 4.42 Å². The Morgan fingerprint density at radius 3 is 2.48 bits per heavy atom. The molecule has 1 aromatic heterocycles. The van der Waals surface area contributed by atoms with Crippen LogP contribution in [0, 0.1) is 6.92 Å². The van der Waals surface area contributed by atoms with Gasteiger partial charge < -0.3 is 14.6 Å². The third kappa shape index (κ3) is 3.80. The minimum atomic E-state index is -4.54. The van der Waals surface area contributed by atoms with Crippen molar-refractivity contribution in [3.63, 3.8) is 0 Å². The van der Waals surface area contributed by atoms with Crippen LogP contribution in [-0.4, -0.2) is 46.5 Å². The molecule has 0 bridgehead atoms. The lowest BCUT2D eigenvalue weighted by Gasteiger charge is -2.40. The molecule has 6 nitrogen and oxygen atoms in total. The van der Waals surface area contributed by atoms with Crippen LogP contribution in [0.25, 0.3) is 0 Å². The first-order valence-electron chi connectivity index (χ1n) is 8.29. The summed E-state index contributed by atoms with van der Waals surface area (Å²) in [6, 6.07) is -2.40. The summed E-state index contributed by atoms with van der Waals surface area (Å²) in [4.78, 5) is 28.9. The molecule has 2 atom stereocenters. The molecule has 1 saturated heterocycles. The lowest BCUT2D eigenvalue weighted by molar-refractivity contribution is -0.184. The number of hydrogen-bond donors (Lipinski definition) is 1. The van der Waals surface area contributed by atoms with Gasteiger partial charge in [-0.15, -0.1) is 0 Å². The average molecular weight is 359 g/mol. The lowest BCUT2D eigenvalue weighted by Crippen LogP contribution is -2.58. The van der Waals surface area contributed by atoms with Crippen LogP contribution >= 0.6 is 0 Å². The van der Waals surface area contributed by atoms with E-state index in [1.165, 1.54) is 6.92 Å². The van der Waals surface area contributed by atoms with Gasteiger partial charge in [0, 0.05) is 25.4 Å². The number of amides is 2. The molecule has 1 aliphatic heterocycles. The number of piperidine rings is 1. The smallest absolute Gasteiger partial charge is 0.408 e. The number of aromatic nitrogens is 1. The van der Waals surface area contributed by atoms with Crippen molar-refractivity contribution >= 4 is 11.8 Å². The number of halogens is 3. The Hall–Kier alpha value is -2.06. The van der Waals surface area contributed by atoms with E-state index in [2.05, 4.69) is 10.3 Å². The molecule has 2 aliphatic rings. The minimum Gasteiger partial charge on any atom is -0.435 e. The molecular formula is C16H20F3N3O3. The maximum absolute atomic E-state index is 13.4. The topological polar surface area (TPSA) is 75.4 Å². The Kier molecular flexibility index (Phi) is 4.51. The number of nitrogens with zero attached hydrogens (tertiary/aromatic N) is 2. The van der Waals surface area contributed by atoms with E-state index < -0.39 is 24.2 Å². The lowest BCUT2D eigenvalue weighted by atomic mass is 9.97. The van der Waals surface area contributed by atoms with E-state index in [-0.39, 0.29) is 37.0 Å². The molecule has 9 heteroatoms. The Bertz CT molecular complexity index is 682. The van der Waals surface area contributed by atoms with Gasteiger partial charge in [-0.05, 0) is 32.6 Å². The van der Waals surface area contributed by atoms with Crippen molar-refractivity contribution in [3.8, 4) is 0 Å². The van der Waals surface area contributed by atoms with Crippen molar-refractivity contribution in [2.75, 3.05) is 6.54 Å². The number of carbonyl (C=O) groups excluding carboxylic acids is 2. The SMILES string of the molecule is CC(=O)NC1CCC(C(F)(F)F)N(C(=O)c2oc(C3CC3)nc2C)C1. The fourth-order valence-corrected chi connectivity index (χ4v) is 3.19. The molecule has 3 rings (SSSR count). The Morgan fingerprint density at radius 2 is 1.92 bits per heavy atom. The van der Waals surface area contributed by atoms with Crippen LogP contribution in [0.5, 0.6) is 0 Å². The Labute approximate surface area is 142 Å². The molecule has 1 saturated carbocycles. The first kappa shape index (κ1) is 17.8. The first-order valence-corrected chi connectivity index (χ1v) is 8.29. The first-order chi connectivity index (χ1) is 11.7. The van der Waals surface area contributed by atoms with Gasteiger partial charge in [0.2, 0.25) is 11.7 Å². The van der Waals surface area contributed by atoms with E-state index in [0.29, 0.717) is 11.6 Å². The number of likely N-dealkylation sites (tertiary alicyclic amines) is 1. The summed E-state index contributed by atoms with van der Waals surface area (Å²) >= 11 is 0.